The molecule has 0 saturated carbocycles. The Morgan fingerprint density at radius 3 is 2.19 bits per heavy atom. The smallest absolute Gasteiger partial charge is 0.185 e. The summed E-state index contributed by atoms with van der Waals surface area (Å²) in [5, 5.41) is 22.6. The molecule has 0 aromatic heterocycles. The zero-order chi connectivity index (χ0) is 24.9. The van der Waals surface area contributed by atoms with Crippen molar-refractivity contribution in [1.82, 2.24) is 0 Å². The molecule has 0 amide bonds. The van der Waals surface area contributed by atoms with Crippen molar-refractivity contribution in [2.24, 2.45) is 28.7 Å². The van der Waals surface area contributed by atoms with Crippen molar-refractivity contribution in [1.29, 1.82) is 0 Å². The molecule has 1 saturated heterocycles. The Morgan fingerprint density at radius 1 is 1.16 bits per heavy atom. The van der Waals surface area contributed by atoms with Gasteiger partial charge in [0.05, 0.1) is 23.7 Å². The van der Waals surface area contributed by atoms with Gasteiger partial charge in [0.25, 0.3) is 0 Å². The SMILES string of the molecule is CC[C@H]1OC(=C=O)C(C)[C@@H](OC)[C@H](C)C[C@](C)(OC)C[C@@H](C)C(=NC)C(C)C(O)[C@]1(C)O. The molecule has 1 aliphatic heterocycles. The van der Waals surface area contributed by atoms with Crippen molar-refractivity contribution in [2.45, 2.75) is 97.2 Å². The van der Waals surface area contributed by atoms with E-state index in [0.717, 1.165) is 5.71 Å². The van der Waals surface area contributed by atoms with Crippen molar-refractivity contribution in [3.63, 3.8) is 0 Å². The van der Waals surface area contributed by atoms with Gasteiger partial charge in [-0.3, -0.25) is 4.99 Å². The van der Waals surface area contributed by atoms with Gasteiger partial charge in [0.15, 0.2) is 11.7 Å². The molecule has 0 radical (unpaired) electrons. The highest BCUT2D eigenvalue weighted by Gasteiger charge is 2.46. The monoisotopic (exact) mass is 455 g/mol. The predicted octanol–water partition coefficient (Wildman–Crippen LogP) is 3.44. The van der Waals surface area contributed by atoms with Crippen LogP contribution in [0.3, 0.4) is 0 Å². The summed E-state index contributed by atoms with van der Waals surface area (Å²) in [5.74, 6) is 1.27. The largest absolute Gasteiger partial charge is 0.480 e. The second kappa shape index (κ2) is 11.8. The topological polar surface area (TPSA) is 97.6 Å². The van der Waals surface area contributed by atoms with Crippen molar-refractivity contribution in [3.8, 4) is 0 Å². The summed E-state index contributed by atoms with van der Waals surface area (Å²) in [7, 11) is 5.03. The van der Waals surface area contributed by atoms with Crippen LogP contribution in [0.4, 0.5) is 0 Å². The van der Waals surface area contributed by atoms with E-state index in [1.54, 1.807) is 28.2 Å². The summed E-state index contributed by atoms with van der Waals surface area (Å²) in [5.41, 5.74) is -1.28. The van der Waals surface area contributed by atoms with Crippen molar-refractivity contribution >= 4 is 11.7 Å². The number of aliphatic hydroxyl groups excluding tert-OH is 1. The molecule has 3 unspecified atom stereocenters. The first-order valence-electron chi connectivity index (χ1n) is 11.7. The van der Waals surface area contributed by atoms with E-state index < -0.39 is 29.3 Å². The molecular formula is C25H45NO6. The lowest BCUT2D eigenvalue weighted by molar-refractivity contribution is -0.156. The van der Waals surface area contributed by atoms with E-state index in [9.17, 15) is 15.0 Å². The summed E-state index contributed by atoms with van der Waals surface area (Å²) in [6.07, 6.45) is -0.472. The molecule has 9 atom stereocenters. The zero-order valence-corrected chi connectivity index (χ0v) is 21.6. The molecule has 1 heterocycles. The average Bonchev–Trinajstić information content (AvgIpc) is 2.73. The number of hydrogen-bond donors (Lipinski definition) is 2. The summed E-state index contributed by atoms with van der Waals surface area (Å²) in [4.78, 5) is 16.4. The minimum atomic E-state index is -1.62. The van der Waals surface area contributed by atoms with Crippen LogP contribution in [-0.4, -0.2) is 72.6 Å². The van der Waals surface area contributed by atoms with Crippen LogP contribution in [-0.2, 0) is 19.0 Å². The lowest BCUT2D eigenvalue weighted by atomic mass is 9.74. The maximum absolute atomic E-state index is 11.9. The van der Waals surface area contributed by atoms with Gasteiger partial charge in [-0.25, -0.2) is 4.79 Å². The average molecular weight is 456 g/mol. The van der Waals surface area contributed by atoms with Gasteiger partial charge in [0, 0.05) is 32.9 Å². The molecule has 0 spiro atoms. The zero-order valence-electron chi connectivity index (χ0n) is 21.6. The van der Waals surface area contributed by atoms with Gasteiger partial charge in [-0.2, -0.15) is 0 Å². The minimum absolute atomic E-state index is 0.0189. The molecule has 7 nitrogen and oxygen atoms in total. The number of nitrogens with zero attached hydrogens (tertiary/aromatic N) is 1. The second-order valence-electron chi connectivity index (χ2n) is 10.0. The quantitative estimate of drug-likeness (QED) is 0.633. The summed E-state index contributed by atoms with van der Waals surface area (Å²) in [6, 6.07) is 0. The highest BCUT2D eigenvalue weighted by Crippen LogP contribution is 2.37. The standard InChI is InChI=1S/C25H45NO6/c1-11-20-25(7,29)23(28)18(5)21(26-8)15(2)12-24(6,31-10)13-16(3)22(30-9)17(4)19(14-27)32-20/h15-18,20,22-23,28-29H,11-13H2,1-10H3/t15-,16-,17?,18?,20-,22+,23?,24-,25-/m1/s1. The van der Waals surface area contributed by atoms with E-state index in [0.29, 0.717) is 19.3 Å². The van der Waals surface area contributed by atoms with Gasteiger partial charge in [-0.15, -0.1) is 0 Å². The van der Waals surface area contributed by atoms with Crippen LogP contribution in [0.25, 0.3) is 0 Å². The molecule has 186 valence electrons. The van der Waals surface area contributed by atoms with Crippen molar-refractivity contribution in [2.75, 3.05) is 21.3 Å². The highest BCUT2D eigenvalue weighted by atomic mass is 16.5. The Bertz CT molecular complexity index is 686. The molecule has 32 heavy (non-hydrogen) atoms. The molecule has 2 N–H and O–H groups in total. The van der Waals surface area contributed by atoms with Gasteiger partial charge in [-0.05, 0) is 44.9 Å². The fourth-order valence-electron chi connectivity index (χ4n) is 5.60. The second-order valence-corrected chi connectivity index (χ2v) is 10.0. The van der Waals surface area contributed by atoms with Crippen LogP contribution in [0, 0.1) is 23.7 Å². The van der Waals surface area contributed by atoms with Gasteiger partial charge >= 0.3 is 0 Å². The van der Waals surface area contributed by atoms with Crippen molar-refractivity contribution in [3.05, 3.63) is 5.76 Å². The number of carbonyl (C=O) groups excluding carboxylic acids is 1. The Hall–Kier alpha value is -1.24. The Labute approximate surface area is 194 Å². The Kier molecular flexibility index (Phi) is 10.6. The molecule has 0 bridgehead atoms. The molecule has 7 heteroatoms. The lowest BCUT2D eigenvalue weighted by Gasteiger charge is -2.43. The Morgan fingerprint density at radius 2 is 1.75 bits per heavy atom. The maximum atomic E-state index is 11.9. The van der Waals surface area contributed by atoms with Gasteiger partial charge in [0.1, 0.15) is 11.7 Å². The van der Waals surface area contributed by atoms with Crippen LogP contribution in [0.5, 0.6) is 0 Å². The number of hydrogen-bond acceptors (Lipinski definition) is 7. The number of ether oxygens (including phenoxy) is 3. The van der Waals surface area contributed by atoms with Crippen LogP contribution >= 0.6 is 0 Å². The third-order valence-corrected chi connectivity index (χ3v) is 7.42. The fraction of sp³-hybridized carbons (Fsp3) is 0.880. The lowest BCUT2D eigenvalue weighted by Crippen LogP contribution is -2.55. The fourth-order valence-corrected chi connectivity index (χ4v) is 5.60. The normalized spacial score (nSPS) is 43.9. The third kappa shape index (κ3) is 6.21. The number of aliphatic hydroxyl groups is 2. The van der Waals surface area contributed by atoms with E-state index in [1.807, 2.05) is 26.7 Å². The third-order valence-electron chi connectivity index (χ3n) is 7.42. The molecular weight excluding hydrogens is 410 g/mol. The van der Waals surface area contributed by atoms with E-state index in [4.69, 9.17) is 14.2 Å². The molecule has 1 fully saturated rings. The molecule has 1 aliphatic rings. The first-order valence-corrected chi connectivity index (χ1v) is 11.7. The summed E-state index contributed by atoms with van der Waals surface area (Å²) < 4.78 is 17.8. The minimum Gasteiger partial charge on any atom is -0.480 e. The number of aliphatic imine (C=N–C) groups is 1. The maximum Gasteiger partial charge on any atom is 0.185 e. The highest BCUT2D eigenvalue weighted by molar-refractivity contribution is 5.89. The Balaban J connectivity index is 3.61. The van der Waals surface area contributed by atoms with Gasteiger partial charge in [0.2, 0.25) is 0 Å². The van der Waals surface area contributed by atoms with Gasteiger partial charge < -0.3 is 24.4 Å². The predicted molar refractivity (Wildman–Crippen MR) is 126 cm³/mol. The molecule has 0 aliphatic carbocycles. The van der Waals surface area contributed by atoms with Crippen LogP contribution < -0.4 is 0 Å². The molecule has 1 rings (SSSR count). The molecule has 0 aromatic rings. The number of methoxy groups -OCH3 is 2. The summed E-state index contributed by atoms with van der Waals surface area (Å²) >= 11 is 0. The van der Waals surface area contributed by atoms with E-state index >= 15 is 0 Å². The van der Waals surface area contributed by atoms with Crippen molar-refractivity contribution < 1.29 is 29.2 Å². The van der Waals surface area contributed by atoms with E-state index in [1.165, 1.54) is 0 Å². The van der Waals surface area contributed by atoms with E-state index in [2.05, 4.69) is 25.8 Å². The molecule has 0 aromatic carbocycles. The number of rotatable bonds is 3. The van der Waals surface area contributed by atoms with Crippen LogP contribution in [0.15, 0.2) is 10.8 Å². The van der Waals surface area contributed by atoms with Crippen LogP contribution in [0.1, 0.15) is 67.7 Å². The first-order chi connectivity index (χ1) is 14.8. The van der Waals surface area contributed by atoms with E-state index in [-0.39, 0.29) is 29.6 Å². The van der Waals surface area contributed by atoms with Crippen LogP contribution in [0.2, 0.25) is 0 Å². The summed E-state index contributed by atoms with van der Waals surface area (Å²) in [6.45, 7) is 13.4. The van der Waals surface area contributed by atoms with Gasteiger partial charge in [-0.1, -0.05) is 34.6 Å². The first kappa shape index (κ1) is 28.8.